The number of allylic oxidation sites excluding steroid dienone is 2. The number of likely N-dealkylation sites (tertiary alicyclic amines) is 1. The fraction of sp³-hybridized carbons (Fsp3) is 0.700. The predicted octanol–water partition coefficient (Wildman–Crippen LogP) is 1.95. The molecule has 32 heavy (non-hydrogen) atoms. The second kappa shape index (κ2) is 10.1. The van der Waals surface area contributed by atoms with Gasteiger partial charge in [-0.25, -0.2) is 0 Å². The van der Waals surface area contributed by atoms with Gasteiger partial charge in [0.1, 0.15) is 11.3 Å². The van der Waals surface area contributed by atoms with Crippen molar-refractivity contribution in [2.24, 2.45) is 11.8 Å². The third-order valence-corrected chi connectivity index (χ3v) is 8.96. The van der Waals surface area contributed by atoms with Crippen molar-refractivity contribution in [2.45, 2.75) is 50.6 Å². The predicted molar refractivity (Wildman–Crippen MR) is 113 cm³/mol. The summed E-state index contributed by atoms with van der Waals surface area (Å²) in [6, 6.07) is -0.823. The average Bonchev–Trinajstić information content (AvgIpc) is 3.18. The van der Waals surface area contributed by atoms with Gasteiger partial charge in [0, 0.05) is 24.2 Å². The number of carbonyl (C=O) groups is 2. The SMILES string of the molecule is C=CC1C[C@]1(NC(=O)C1CCCN1C(=O)CNCO)P(=O)(O)CC(C)/C=C(\C)C(F)(F)F. The van der Waals surface area contributed by atoms with Crippen molar-refractivity contribution < 1.29 is 37.3 Å². The Morgan fingerprint density at radius 2 is 2.06 bits per heavy atom. The summed E-state index contributed by atoms with van der Waals surface area (Å²) in [6.45, 7) is 5.75. The van der Waals surface area contributed by atoms with E-state index in [-0.39, 0.29) is 18.9 Å². The normalized spacial score (nSPS) is 28.7. The van der Waals surface area contributed by atoms with Crippen molar-refractivity contribution in [3.8, 4) is 0 Å². The minimum atomic E-state index is -4.52. The van der Waals surface area contributed by atoms with Crippen LogP contribution in [0, 0.1) is 11.8 Å². The molecular weight excluding hydrogens is 450 g/mol. The first kappa shape index (κ1) is 26.6. The third-order valence-electron chi connectivity index (χ3n) is 6.01. The van der Waals surface area contributed by atoms with Crippen LogP contribution in [0.1, 0.15) is 33.1 Å². The van der Waals surface area contributed by atoms with Crippen LogP contribution >= 0.6 is 7.37 Å². The lowest BCUT2D eigenvalue weighted by Crippen LogP contribution is -2.52. The van der Waals surface area contributed by atoms with Crippen molar-refractivity contribution in [3.63, 3.8) is 0 Å². The summed E-state index contributed by atoms with van der Waals surface area (Å²) < 4.78 is 51.7. The van der Waals surface area contributed by atoms with Crippen LogP contribution < -0.4 is 10.6 Å². The van der Waals surface area contributed by atoms with E-state index in [1.165, 1.54) is 17.9 Å². The van der Waals surface area contributed by atoms with E-state index in [2.05, 4.69) is 17.2 Å². The number of halogens is 3. The molecule has 0 radical (unpaired) electrons. The number of carbonyl (C=O) groups excluding carboxylic acids is 2. The van der Waals surface area contributed by atoms with Gasteiger partial charge in [-0.05, 0) is 32.1 Å². The summed E-state index contributed by atoms with van der Waals surface area (Å²) >= 11 is 0. The van der Waals surface area contributed by atoms with E-state index in [1.807, 2.05) is 0 Å². The summed E-state index contributed by atoms with van der Waals surface area (Å²) in [5, 5.41) is 12.4. The molecule has 5 atom stereocenters. The highest BCUT2D eigenvalue weighted by molar-refractivity contribution is 7.60. The Morgan fingerprint density at radius 3 is 2.59 bits per heavy atom. The van der Waals surface area contributed by atoms with Gasteiger partial charge in [0.25, 0.3) is 0 Å². The van der Waals surface area contributed by atoms with Crippen LogP contribution in [-0.4, -0.2) is 70.2 Å². The molecule has 4 N–H and O–H groups in total. The molecule has 0 spiro atoms. The van der Waals surface area contributed by atoms with E-state index in [4.69, 9.17) is 5.11 Å². The maximum Gasteiger partial charge on any atom is 0.412 e. The summed E-state index contributed by atoms with van der Waals surface area (Å²) in [7, 11) is -4.14. The van der Waals surface area contributed by atoms with Gasteiger partial charge in [-0.1, -0.05) is 19.1 Å². The Balaban J connectivity index is 2.16. The van der Waals surface area contributed by atoms with E-state index < -0.39 is 61.1 Å². The average molecular weight is 481 g/mol. The lowest BCUT2D eigenvalue weighted by atomic mass is 10.1. The zero-order valence-corrected chi connectivity index (χ0v) is 19.1. The quantitative estimate of drug-likeness (QED) is 0.215. The molecule has 1 heterocycles. The standard InChI is InChI=1S/C20H31F3N3O5P/c1-4-15-9-19(15,32(30,31)11-13(2)8-14(3)20(21,22)23)25-18(29)16-6-5-7-26(16)17(28)10-24-12-27/h4,8,13,15-16,24,27H,1,5-7,9-12H2,2-3H3,(H,25,29)(H,30,31)/b14-8+/t13?,15?,16?,19-/m0/s1. The number of hydrogen-bond acceptors (Lipinski definition) is 5. The Labute approximate surface area is 185 Å². The Bertz CT molecular complexity index is 819. The van der Waals surface area contributed by atoms with Crippen molar-refractivity contribution >= 4 is 19.2 Å². The van der Waals surface area contributed by atoms with Gasteiger partial charge in [0.05, 0.1) is 13.3 Å². The van der Waals surface area contributed by atoms with Crippen molar-refractivity contribution in [3.05, 3.63) is 24.3 Å². The zero-order chi connectivity index (χ0) is 24.3. The first-order valence-corrected chi connectivity index (χ1v) is 12.3. The second-order valence-electron chi connectivity index (χ2n) is 8.50. The molecular formula is C20H31F3N3O5P. The molecule has 1 saturated heterocycles. The van der Waals surface area contributed by atoms with Crippen LogP contribution in [0.5, 0.6) is 0 Å². The molecule has 0 aromatic heterocycles. The van der Waals surface area contributed by atoms with E-state index in [1.54, 1.807) is 0 Å². The molecule has 1 saturated carbocycles. The molecule has 1 aliphatic heterocycles. The van der Waals surface area contributed by atoms with Gasteiger partial charge in [0.2, 0.25) is 19.2 Å². The Kier molecular flexibility index (Phi) is 8.36. The maximum absolute atomic E-state index is 13.3. The molecule has 12 heteroatoms. The maximum atomic E-state index is 13.3. The lowest BCUT2D eigenvalue weighted by Gasteiger charge is -2.30. The molecule has 0 aromatic carbocycles. The van der Waals surface area contributed by atoms with Gasteiger partial charge in [-0.3, -0.25) is 19.5 Å². The first-order chi connectivity index (χ1) is 14.8. The van der Waals surface area contributed by atoms with E-state index in [9.17, 15) is 32.2 Å². The molecule has 2 amide bonds. The Hall–Kier alpha value is -1.68. The van der Waals surface area contributed by atoms with Gasteiger partial charge in [0.15, 0.2) is 0 Å². The summed E-state index contributed by atoms with van der Waals surface area (Å²) in [5.74, 6) is -2.30. The molecule has 0 bridgehead atoms. The minimum Gasteiger partial charge on any atom is -0.381 e. The molecule has 4 unspecified atom stereocenters. The van der Waals surface area contributed by atoms with Gasteiger partial charge < -0.3 is 20.2 Å². The van der Waals surface area contributed by atoms with Crippen LogP contribution in [0.2, 0.25) is 0 Å². The minimum absolute atomic E-state index is 0.150. The monoisotopic (exact) mass is 481 g/mol. The van der Waals surface area contributed by atoms with E-state index >= 15 is 0 Å². The topological polar surface area (TPSA) is 119 Å². The largest absolute Gasteiger partial charge is 0.412 e. The molecule has 2 fully saturated rings. The first-order valence-electron chi connectivity index (χ1n) is 10.4. The fourth-order valence-corrected chi connectivity index (χ4v) is 6.82. The summed E-state index contributed by atoms with van der Waals surface area (Å²) in [4.78, 5) is 37.5. The number of rotatable bonds is 10. The van der Waals surface area contributed by atoms with Crippen LogP contribution in [0.25, 0.3) is 0 Å². The number of alkyl halides is 3. The van der Waals surface area contributed by atoms with Crippen molar-refractivity contribution in [1.82, 2.24) is 15.5 Å². The highest BCUT2D eigenvalue weighted by Crippen LogP contribution is 2.70. The second-order valence-corrected chi connectivity index (χ2v) is 11.1. The van der Waals surface area contributed by atoms with Crippen LogP contribution in [0.15, 0.2) is 24.3 Å². The van der Waals surface area contributed by atoms with Crippen molar-refractivity contribution in [2.75, 3.05) is 26.0 Å². The molecule has 2 rings (SSSR count). The van der Waals surface area contributed by atoms with Gasteiger partial charge in [-0.15, -0.1) is 6.58 Å². The van der Waals surface area contributed by atoms with E-state index in [0.29, 0.717) is 19.4 Å². The van der Waals surface area contributed by atoms with Crippen molar-refractivity contribution in [1.29, 1.82) is 0 Å². The molecule has 1 aliphatic carbocycles. The van der Waals surface area contributed by atoms with E-state index in [0.717, 1.165) is 13.0 Å². The fourth-order valence-electron chi connectivity index (χ4n) is 4.21. The Morgan fingerprint density at radius 1 is 1.41 bits per heavy atom. The number of nitrogens with one attached hydrogen (secondary N) is 2. The third kappa shape index (κ3) is 5.81. The smallest absolute Gasteiger partial charge is 0.381 e. The van der Waals surface area contributed by atoms with Crippen LogP contribution in [0.4, 0.5) is 13.2 Å². The van der Waals surface area contributed by atoms with Crippen LogP contribution in [0.3, 0.4) is 0 Å². The molecule has 8 nitrogen and oxygen atoms in total. The van der Waals surface area contributed by atoms with Gasteiger partial charge >= 0.3 is 6.18 Å². The summed E-state index contributed by atoms with van der Waals surface area (Å²) in [6.07, 6.45) is -1.48. The molecule has 0 aromatic rings. The highest BCUT2D eigenvalue weighted by atomic mass is 31.2. The number of aliphatic hydroxyl groups is 1. The number of amides is 2. The van der Waals surface area contributed by atoms with Crippen LogP contribution in [-0.2, 0) is 14.2 Å². The van der Waals surface area contributed by atoms with Gasteiger partial charge in [-0.2, -0.15) is 13.2 Å². The zero-order valence-electron chi connectivity index (χ0n) is 18.2. The molecule has 2 aliphatic rings. The number of nitrogens with zero attached hydrogens (tertiary/aromatic N) is 1. The highest BCUT2D eigenvalue weighted by Gasteiger charge is 2.65. The molecule has 182 valence electrons. The number of aliphatic hydroxyl groups excluding tert-OH is 1. The summed E-state index contributed by atoms with van der Waals surface area (Å²) in [5.41, 5.74) is -0.851. The number of hydrogen-bond donors (Lipinski definition) is 4. The lowest BCUT2D eigenvalue weighted by molar-refractivity contribution is -0.138.